The van der Waals surface area contributed by atoms with E-state index < -0.39 is 81.2 Å². The highest BCUT2D eigenvalue weighted by Gasteiger charge is 2.47. The summed E-state index contributed by atoms with van der Waals surface area (Å²) in [7, 11) is -2.93. The number of nitrogens with zero attached hydrogens (tertiary/aromatic N) is 1. The van der Waals surface area contributed by atoms with E-state index in [1.165, 1.54) is 18.9 Å². The van der Waals surface area contributed by atoms with E-state index >= 15 is 0 Å². The van der Waals surface area contributed by atoms with Crippen molar-refractivity contribution in [1.29, 1.82) is 0 Å². The van der Waals surface area contributed by atoms with E-state index in [1.807, 2.05) is 0 Å². The van der Waals surface area contributed by atoms with Crippen molar-refractivity contribution in [1.82, 2.24) is 15.5 Å². The van der Waals surface area contributed by atoms with Gasteiger partial charge in [-0.2, -0.15) is 0 Å². The van der Waals surface area contributed by atoms with E-state index in [0.717, 1.165) is 6.92 Å². The number of aliphatic carboxylic acids is 1. The number of hydrogen-bond acceptors (Lipinski definition) is 12. The Bertz CT molecular complexity index is 819. The number of nitrogens with one attached hydrogen (secondary N) is 2. The minimum atomic E-state index is -4.45. The fraction of sp³-hybridized carbons (Fsp3) is 0.857. The van der Waals surface area contributed by atoms with Crippen molar-refractivity contribution < 1.29 is 63.0 Å². The first kappa shape index (κ1) is 34.3. The molecule has 38 heavy (non-hydrogen) atoms. The van der Waals surface area contributed by atoms with Crippen LogP contribution >= 0.6 is 7.60 Å². The molecule has 0 saturated carbocycles. The first-order chi connectivity index (χ1) is 17.8. The average Bonchev–Trinajstić information content (AvgIpc) is 3.08. The molecule has 6 atom stereocenters. The highest BCUT2D eigenvalue weighted by molar-refractivity contribution is 7.52. The second-order valence-electron chi connectivity index (χ2n) is 8.95. The smallest absolute Gasteiger partial charge is 0.331 e. The number of hydrogen-bond donors (Lipinski definition) is 7. The fourth-order valence-corrected chi connectivity index (χ4v) is 4.76. The molecule has 1 fully saturated rings. The molecule has 16 nitrogen and oxygen atoms in total. The van der Waals surface area contributed by atoms with Crippen LogP contribution in [0.1, 0.15) is 13.8 Å². The van der Waals surface area contributed by atoms with E-state index in [2.05, 4.69) is 10.6 Å². The summed E-state index contributed by atoms with van der Waals surface area (Å²) in [5.41, 5.74) is -2.06. The van der Waals surface area contributed by atoms with Gasteiger partial charge in [0.2, 0.25) is 11.8 Å². The van der Waals surface area contributed by atoms with Crippen LogP contribution in [-0.4, -0.2) is 150 Å². The molecule has 0 aromatic carbocycles. The Morgan fingerprint density at radius 1 is 1.05 bits per heavy atom. The van der Waals surface area contributed by atoms with Crippen LogP contribution in [0.25, 0.3) is 0 Å². The molecule has 0 aromatic rings. The summed E-state index contributed by atoms with van der Waals surface area (Å²) in [6.45, 7) is 1.11. The number of methoxy groups -OCH3 is 1. The van der Waals surface area contributed by atoms with E-state index in [-0.39, 0.29) is 26.3 Å². The Labute approximate surface area is 220 Å². The molecule has 1 aliphatic heterocycles. The maximum absolute atomic E-state index is 12.7. The molecule has 1 rings (SSSR count). The minimum absolute atomic E-state index is 0.0704. The molecule has 17 heteroatoms. The first-order valence-electron chi connectivity index (χ1n) is 11.9. The third-order valence-corrected chi connectivity index (χ3v) is 7.16. The number of carbonyl (C=O) groups is 3. The van der Waals surface area contributed by atoms with Crippen molar-refractivity contribution in [3.63, 3.8) is 0 Å². The van der Waals surface area contributed by atoms with Crippen LogP contribution in [0.15, 0.2) is 0 Å². The second kappa shape index (κ2) is 16.4. The van der Waals surface area contributed by atoms with Crippen molar-refractivity contribution >= 4 is 25.4 Å². The molecule has 0 radical (unpaired) electrons. The molecule has 0 aliphatic carbocycles. The lowest BCUT2D eigenvalue weighted by Crippen LogP contribution is -2.56. The molecule has 1 heterocycles. The van der Waals surface area contributed by atoms with Gasteiger partial charge in [-0.15, -0.1) is 0 Å². The predicted molar refractivity (Wildman–Crippen MR) is 130 cm³/mol. The number of carboxylic acid groups (broad SMARTS) is 1. The Kier molecular flexibility index (Phi) is 14.8. The second-order valence-corrected chi connectivity index (χ2v) is 10.9. The monoisotopic (exact) mass is 573 g/mol. The van der Waals surface area contributed by atoms with Crippen molar-refractivity contribution in [2.24, 2.45) is 0 Å². The zero-order valence-corrected chi connectivity index (χ0v) is 22.7. The van der Waals surface area contributed by atoms with Gasteiger partial charge < -0.3 is 54.7 Å². The van der Waals surface area contributed by atoms with Gasteiger partial charge in [0.05, 0.1) is 70.1 Å². The zero-order chi connectivity index (χ0) is 28.9. The van der Waals surface area contributed by atoms with E-state index in [0.29, 0.717) is 13.2 Å². The number of ether oxygens (including phenoxy) is 3. The van der Waals surface area contributed by atoms with Gasteiger partial charge in [-0.05, 0) is 6.92 Å². The molecule has 0 bridgehead atoms. The van der Waals surface area contributed by atoms with Gasteiger partial charge >= 0.3 is 13.6 Å². The molecule has 1 saturated heterocycles. The number of carboxylic acids is 1. The number of carbonyl (C=O) groups excluding carboxylic acids is 2. The molecule has 2 amide bonds. The van der Waals surface area contributed by atoms with Gasteiger partial charge in [-0.25, -0.2) is 4.79 Å². The van der Waals surface area contributed by atoms with Gasteiger partial charge in [-0.3, -0.25) is 19.1 Å². The van der Waals surface area contributed by atoms with Crippen molar-refractivity contribution in [3.05, 3.63) is 0 Å². The Morgan fingerprint density at radius 3 is 2.24 bits per heavy atom. The van der Waals surface area contributed by atoms with Crippen LogP contribution in [0.4, 0.5) is 0 Å². The molecular formula is C21H40N3O13P. The molecule has 7 N–H and O–H groups in total. The van der Waals surface area contributed by atoms with Crippen LogP contribution in [-0.2, 0) is 37.7 Å². The fourth-order valence-electron chi connectivity index (χ4n) is 3.68. The van der Waals surface area contributed by atoms with E-state index in [1.54, 1.807) is 0 Å². The topological polar surface area (TPSA) is 234 Å². The van der Waals surface area contributed by atoms with E-state index in [9.17, 15) is 44.3 Å². The van der Waals surface area contributed by atoms with Crippen LogP contribution in [0.3, 0.4) is 0 Å². The van der Waals surface area contributed by atoms with Gasteiger partial charge in [0.1, 0.15) is 6.61 Å². The van der Waals surface area contributed by atoms with Crippen molar-refractivity contribution in [2.45, 2.75) is 43.7 Å². The van der Waals surface area contributed by atoms with Crippen molar-refractivity contribution in [2.75, 3.05) is 72.6 Å². The lowest BCUT2D eigenvalue weighted by atomic mass is 10.0. The summed E-state index contributed by atoms with van der Waals surface area (Å²) < 4.78 is 32.8. The standard InChI is InChI=1S/C21H40N3O13P/c1-14(26)22-10-15-18(28)19(29)16(11-25)24(15)4-9-38(32,33)37-13-21(2,20(30)31)23-17(27)12-36-8-7-35-6-5-34-3/h15-16,18-19,25,28-29H,4-13H2,1-3H3,(H,22,26)(H,23,27)(H,30,31)(H,32,33)/t15-,16-,18-,19-,21?/m1/s1. The zero-order valence-electron chi connectivity index (χ0n) is 21.8. The van der Waals surface area contributed by atoms with Crippen molar-refractivity contribution in [3.8, 4) is 0 Å². The summed E-state index contributed by atoms with van der Waals surface area (Å²) in [4.78, 5) is 46.9. The largest absolute Gasteiger partial charge is 0.479 e. The van der Waals surface area contributed by atoms with Gasteiger partial charge in [-0.1, -0.05) is 0 Å². The molecular weight excluding hydrogens is 533 g/mol. The van der Waals surface area contributed by atoms with Crippen LogP contribution < -0.4 is 10.6 Å². The maximum Gasteiger partial charge on any atom is 0.331 e. The maximum atomic E-state index is 12.7. The van der Waals surface area contributed by atoms with Gasteiger partial charge in [0, 0.05) is 27.1 Å². The number of likely N-dealkylation sites (tertiary alicyclic amines) is 1. The quantitative estimate of drug-likeness (QED) is 0.0594. The highest BCUT2D eigenvalue weighted by atomic mass is 31.2. The minimum Gasteiger partial charge on any atom is -0.479 e. The molecule has 1 aliphatic rings. The van der Waals surface area contributed by atoms with Crippen LogP contribution in [0.2, 0.25) is 0 Å². The third-order valence-electron chi connectivity index (χ3n) is 5.86. The number of rotatable bonds is 19. The van der Waals surface area contributed by atoms with Gasteiger partial charge in [0.25, 0.3) is 0 Å². The number of aliphatic hydroxyl groups excluding tert-OH is 3. The molecule has 0 aromatic heterocycles. The van der Waals surface area contributed by atoms with E-state index in [4.69, 9.17) is 18.7 Å². The normalized spacial score (nSPS) is 24.9. The third kappa shape index (κ3) is 11.2. The number of amides is 2. The lowest BCUT2D eigenvalue weighted by Gasteiger charge is -2.31. The summed E-state index contributed by atoms with van der Waals surface area (Å²) in [5.74, 6) is -2.71. The summed E-state index contributed by atoms with van der Waals surface area (Å²) in [6.07, 6.45) is -3.28. The SMILES string of the molecule is COCCOCCOCC(=O)NC(C)(COP(=O)(O)CCN1[C@H](CO)[C@@H](O)[C@H](O)[C@H]1CNC(C)=O)C(=O)O. The van der Waals surface area contributed by atoms with Crippen LogP contribution in [0, 0.1) is 0 Å². The first-order valence-corrected chi connectivity index (χ1v) is 13.7. The molecule has 0 spiro atoms. The van der Waals surface area contributed by atoms with Gasteiger partial charge in [0.15, 0.2) is 5.54 Å². The van der Waals surface area contributed by atoms with Crippen LogP contribution in [0.5, 0.6) is 0 Å². The summed E-state index contributed by atoms with van der Waals surface area (Å²) in [6, 6.07) is -1.84. The summed E-state index contributed by atoms with van der Waals surface area (Å²) in [5, 5.41) is 44.4. The highest BCUT2D eigenvalue weighted by Crippen LogP contribution is 2.43. The predicted octanol–water partition coefficient (Wildman–Crippen LogP) is -3.27. The molecule has 222 valence electrons. The molecule has 2 unspecified atom stereocenters. The average molecular weight is 574 g/mol. The number of aliphatic hydroxyl groups is 3. The Morgan fingerprint density at radius 2 is 1.66 bits per heavy atom. The summed E-state index contributed by atoms with van der Waals surface area (Å²) >= 11 is 0. The lowest BCUT2D eigenvalue weighted by molar-refractivity contribution is -0.149. The Balaban J connectivity index is 2.66. The Hall–Kier alpha value is -1.72.